The first-order valence-electron chi connectivity index (χ1n) is 5.91. The highest BCUT2D eigenvalue weighted by molar-refractivity contribution is 5.34. The minimum atomic E-state index is -0.143. The maximum Gasteiger partial charge on any atom is 0.226 e. The van der Waals surface area contributed by atoms with Crippen LogP contribution in [-0.4, -0.2) is 47.0 Å². The number of aryl methyl sites for hydroxylation is 2. The van der Waals surface area contributed by atoms with Gasteiger partial charge in [-0.25, -0.2) is 9.97 Å². The highest BCUT2D eigenvalue weighted by atomic mass is 16.5. The summed E-state index contributed by atoms with van der Waals surface area (Å²) in [4.78, 5) is 11.0. The third-order valence-corrected chi connectivity index (χ3v) is 2.94. The number of hydrogen-bond acceptors (Lipinski definition) is 5. The van der Waals surface area contributed by atoms with Crippen molar-refractivity contribution in [1.82, 2.24) is 9.97 Å². The zero-order chi connectivity index (χ0) is 12.4. The van der Waals surface area contributed by atoms with Gasteiger partial charge >= 0.3 is 0 Å². The average molecular weight is 237 g/mol. The van der Waals surface area contributed by atoms with Crippen LogP contribution in [0.5, 0.6) is 0 Å². The van der Waals surface area contributed by atoms with Gasteiger partial charge in [0.2, 0.25) is 5.95 Å². The molecular formula is C12H19N3O2. The molecule has 5 heteroatoms. The third-order valence-electron chi connectivity index (χ3n) is 2.94. The second-order valence-electron chi connectivity index (χ2n) is 4.59. The van der Waals surface area contributed by atoms with Gasteiger partial charge in [0.1, 0.15) is 0 Å². The number of morpholine rings is 1. The maximum absolute atomic E-state index is 9.16. The number of aliphatic hydroxyl groups excluding tert-OH is 1. The topological polar surface area (TPSA) is 58.5 Å². The number of ether oxygens (including phenoxy) is 1. The van der Waals surface area contributed by atoms with Gasteiger partial charge in [-0.3, -0.25) is 0 Å². The minimum absolute atomic E-state index is 0.0357. The summed E-state index contributed by atoms with van der Waals surface area (Å²) in [6, 6.07) is 2.19. The standard InChI is InChI=1S/C12H19N3O2/c1-8-4-9(2)14-12(13-8)15-5-11(6-16)17-7-10(15)3/h4,10-11,16H,5-7H2,1-3H3. The van der Waals surface area contributed by atoms with Crippen molar-refractivity contribution < 1.29 is 9.84 Å². The summed E-state index contributed by atoms with van der Waals surface area (Å²) in [5.74, 6) is 0.733. The van der Waals surface area contributed by atoms with Gasteiger partial charge in [0.15, 0.2) is 0 Å². The Labute approximate surface area is 101 Å². The molecule has 94 valence electrons. The molecule has 2 heterocycles. The van der Waals surface area contributed by atoms with Crippen molar-refractivity contribution in [3.63, 3.8) is 0 Å². The molecule has 1 aliphatic heterocycles. The lowest BCUT2D eigenvalue weighted by atomic mass is 10.2. The molecule has 2 rings (SSSR count). The van der Waals surface area contributed by atoms with Crippen LogP contribution in [0.15, 0.2) is 6.07 Å². The lowest BCUT2D eigenvalue weighted by Crippen LogP contribution is -2.50. The number of aromatic nitrogens is 2. The van der Waals surface area contributed by atoms with Crippen molar-refractivity contribution in [1.29, 1.82) is 0 Å². The van der Waals surface area contributed by atoms with E-state index >= 15 is 0 Å². The Balaban J connectivity index is 2.24. The fraction of sp³-hybridized carbons (Fsp3) is 0.667. The molecule has 0 aromatic carbocycles. The number of rotatable bonds is 2. The first kappa shape index (κ1) is 12.3. The van der Waals surface area contributed by atoms with Crippen LogP contribution < -0.4 is 4.90 Å². The number of anilines is 1. The van der Waals surface area contributed by atoms with Gasteiger partial charge in [-0.2, -0.15) is 0 Å². The lowest BCUT2D eigenvalue weighted by molar-refractivity contribution is -0.0108. The lowest BCUT2D eigenvalue weighted by Gasteiger charge is -2.37. The predicted octanol–water partition coefficient (Wildman–Crippen LogP) is 0.679. The molecule has 0 amide bonds. The second-order valence-corrected chi connectivity index (χ2v) is 4.59. The fourth-order valence-electron chi connectivity index (χ4n) is 2.04. The van der Waals surface area contributed by atoms with E-state index in [-0.39, 0.29) is 18.8 Å². The van der Waals surface area contributed by atoms with Gasteiger partial charge in [-0.05, 0) is 26.8 Å². The molecule has 0 radical (unpaired) electrons. The van der Waals surface area contributed by atoms with E-state index in [1.54, 1.807) is 0 Å². The van der Waals surface area contributed by atoms with E-state index in [0.717, 1.165) is 17.3 Å². The fourth-order valence-corrected chi connectivity index (χ4v) is 2.04. The number of hydrogen-bond donors (Lipinski definition) is 1. The Morgan fingerprint density at radius 1 is 1.41 bits per heavy atom. The Morgan fingerprint density at radius 2 is 2.06 bits per heavy atom. The molecule has 0 saturated carbocycles. The van der Waals surface area contributed by atoms with Gasteiger partial charge in [0.25, 0.3) is 0 Å². The highest BCUT2D eigenvalue weighted by Crippen LogP contribution is 2.18. The average Bonchev–Trinajstić information content (AvgIpc) is 2.28. The molecule has 5 nitrogen and oxygen atoms in total. The van der Waals surface area contributed by atoms with E-state index in [9.17, 15) is 0 Å². The van der Waals surface area contributed by atoms with E-state index < -0.39 is 0 Å². The van der Waals surface area contributed by atoms with E-state index in [1.165, 1.54) is 0 Å². The summed E-state index contributed by atoms with van der Waals surface area (Å²) in [6.45, 7) is 7.28. The zero-order valence-electron chi connectivity index (χ0n) is 10.6. The van der Waals surface area contributed by atoms with Gasteiger partial charge < -0.3 is 14.7 Å². The van der Waals surface area contributed by atoms with Crippen molar-refractivity contribution in [2.75, 3.05) is 24.7 Å². The molecule has 1 fully saturated rings. The molecule has 2 atom stereocenters. The zero-order valence-corrected chi connectivity index (χ0v) is 10.6. The number of nitrogens with zero attached hydrogens (tertiary/aromatic N) is 3. The van der Waals surface area contributed by atoms with Gasteiger partial charge in [0.05, 0.1) is 25.4 Å². The van der Waals surface area contributed by atoms with Crippen LogP contribution in [-0.2, 0) is 4.74 Å². The Morgan fingerprint density at radius 3 is 2.65 bits per heavy atom. The molecular weight excluding hydrogens is 218 g/mol. The summed E-state index contributed by atoms with van der Waals surface area (Å²) in [5.41, 5.74) is 1.93. The second kappa shape index (κ2) is 4.98. The maximum atomic E-state index is 9.16. The minimum Gasteiger partial charge on any atom is -0.394 e. The van der Waals surface area contributed by atoms with E-state index in [2.05, 4.69) is 21.8 Å². The van der Waals surface area contributed by atoms with Gasteiger partial charge in [-0.15, -0.1) is 0 Å². The third kappa shape index (κ3) is 2.73. The van der Waals surface area contributed by atoms with Crippen molar-refractivity contribution in [2.45, 2.75) is 32.9 Å². The molecule has 1 aromatic heterocycles. The van der Waals surface area contributed by atoms with Gasteiger partial charge in [-0.1, -0.05) is 0 Å². The van der Waals surface area contributed by atoms with Gasteiger partial charge in [0, 0.05) is 17.9 Å². The Bertz CT molecular complexity index is 377. The van der Waals surface area contributed by atoms with Crippen LogP contribution in [0.1, 0.15) is 18.3 Å². The van der Waals surface area contributed by atoms with E-state index in [0.29, 0.717) is 13.2 Å². The molecule has 1 N–H and O–H groups in total. The molecule has 2 unspecified atom stereocenters. The van der Waals surface area contributed by atoms with Crippen molar-refractivity contribution in [3.05, 3.63) is 17.5 Å². The molecule has 0 bridgehead atoms. The molecule has 17 heavy (non-hydrogen) atoms. The molecule has 0 spiro atoms. The highest BCUT2D eigenvalue weighted by Gasteiger charge is 2.27. The van der Waals surface area contributed by atoms with Crippen LogP contribution in [0.4, 0.5) is 5.95 Å². The first-order valence-corrected chi connectivity index (χ1v) is 5.91. The van der Waals surface area contributed by atoms with E-state index in [1.807, 2.05) is 19.9 Å². The van der Waals surface area contributed by atoms with Crippen molar-refractivity contribution in [3.8, 4) is 0 Å². The van der Waals surface area contributed by atoms with Crippen molar-refractivity contribution >= 4 is 5.95 Å². The van der Waals surface area contributed by atoms with E-state index in [4.69, 9.17) is 9.84 Å². The van der Waals surface area contributed by atoms with Crippen LogP contribution >= 0.6 is 0 Å². The molecule has 0 aliphatic carbocycles. The normalized spacial score (nSPS) is 25.1. The van der Waals surface area contributed by atoms with Crippen LogP contribution in [0.2, 0.25) is 0 Å². The summed E-state index contributed by atoms with van der Waals surface area (Å²) >= 11 is 0. The smallest absolute Gasteiger partial charge is 0.226 e. The Hall–Kier alpha value is -1.20. The Kier molecular flexibility index (Phi) is 3.59. The summed E-state index contributed by atoms with van der Waals surface area (Å²) in [5, 5.41) is 9.16. The quantitative estimate of drug-likeness (QED) is 0.819. The monoisotopic (exact) mass is 237 g/mol. The predicted molar refractivity (Wildman–Crippen MR) is 65.1 cm³/mol. The summed E-state index contributed by atoms with van der Waals surface area (Å²) in [6.07, 6.45) is -0.143. The van der Waals surface area contributed by atoms with Crippen LogP contribution in [0.25, 0.3) is 0 Å². The van der Waals surface area contributed by atoms with Crippen LogP contribution in [0, 0.1) is 13.8 Å². The van der Waals surface area contributed by atoms with Crippen LogP contribution in [0.3, 0.4) is 0 Å². The molecule has 1 saturated heterocycles. The molecule has 1 aliphatic rings. The first-order chi connectivity index (χ1) is 8.10. The summed E-state index contributed by atoms with van der Waals surface area (Å²) in [7, 11) is 0. The largest absolute Gasteiger partial charge is 0.394 e. The SMILES string of the molecule is Cc1cc(C)nc(N2CC(CO)OCC2C)n1. The number of aliphatic hydroxyl groups is 1. The van der Waals surface area contributed by atoms with Crippen molar-refractivity contribution in [2.24, 2.45) is 0 Å². The summed E-state index contributed by atoms with van der Waals surface area (Å²) < 4.78 is 5.50. The molecule has 1 aromatic rings.